The Hall–Kier alpha value is -3.00. The molecule has 0 radical (unpaired) electrons. The quantitative estimate of drug-likeness (QED) is 0.312. The molecular formula is C24H20ClNO5S. The van der Waals surface area contributed by atoms with Gasteiger partial charge >= 0.3 is 5.97 Å². The van der Waals surface area contributed by atoms with Gasteiger partial charge in [-0.25, -0.2) is 17.5 Å². The molecule has 32 heavy (non-hydrogen) atoms. The molecule has 0 saturated carbocycles. The van der Waals surface area contributed by atoms with Gasteiger partial charge in [0, 0.05) is 19.7 Å². The molecule has 0 bridgehead atoms. The first-order valence-corrected chi connectivity index (χ1v) is 11.6. The van der Waals surface area contributed by atoms with Crippen LogP contribution in [0.5, 0.6) is 0 Å². The number of rotatable bonds is 6. The minimum Gasteiger partial charge on any atom is -0.454 e. The van der Waals surface area contributed by atoms with Crippen LogP contribution in [0.1, 0.15) is 31.8 Å². The van der Waals surface area contributed by atoms with Crippen molar-refractivity contribution in [2.45, 2.75) is 11.3 Å². The van der Waals surface area contributed by atoms with Crippen molar-refractivity contribution in [2.75, 3.05) is 20.7 Å². The fourth-order valence-corrected chi connectivity index (χ4v) is 5.01. The Labute approximate surface area is 191 Å². The largest absolute Gasteiger partial charge is 0.454 e. The topological polar surface area (TPSA) is 80.8 Å². The van der Waals surface area contributed by atoms with Crippen LogP contribution >= 0.6 is 11.6 Å². The predicted octanol–water partition coefficient (Wildman–Crippen LogP) is 4.20. The molecule has 6 nitrogen and oxygen atoms in total. The number of ether oxygens (including phenoxy) is 1. The smallest absolute Gasteiger partial charge is 0.338 e. The van der Waals surface area contributed by atoms with Gasteiger partial charge in [-0.15, -0.1) is 0 Å². The zero-order valence-electron chi connectivity index (χ0n) is 17.5. The second-order valence-corrected chi connectivity index (χ2v) is 10.2. The van der Waals surface area contributed by atoms with Crippen molar-refractivity contribution >= 4 is 33.4 Å². The Morgan fingerprint density at radius 3 is 2.38 bits per heavy atom. The molecule has 0 aliphatic heterocycles. The third-order valence-corrected chi connectivity index (χ3v) is 7.68. The van der Waals surface area contributed by atoms with Crippen LogP contribution in [0.25, 0.3) is 11.1 Å². The summed E-state index contributed by atoms with van der Waals surface area (Å²) in [7, 11) is -1.11. The number of Topliss-reactive ketones (excluding diaryl/α,β-unsaturated/α-hetero) is 1. The van der Waals surface area contributed by atoms with Crippen LogP contribution in [-0.2, 0) is 21.2 Å². The molecular weight excluding hydrogens is 450 g/mol. The first-order valence-electron chi connectivity index (χ1n) is 9.82. The summed E-state index contributed by atoms with van der Waals surface area (Å²) in [5, 5.41) is -0.00949. The highest BCUT2D eigenvalue weighted by atomic mass is 35.5. The van der Waals surface area contributed by atoms with Crippen molar-refractivity contribution in [1.82, 2.24) is 4.31 Å². The van der Waals surface area contributed by atoms with E-state index in [1.165, 1.54) is 31.8 Å². The monoisotopic (exact) mass is 469 g/mol. The highest BCUT2D eigenvalue weighted by Crippen LogP contribution is 2.36. The normalized spacial score (nSPS) is 12.4. The van der Waals surface area contributed by atoms with Gasteiger partial charge in [0.1, 0.15) is 4.90 Å². The van der Waals surface area contributed by atoms with Gasteiger partial charge in [0.05, 0.1) is 10.6 Å². The second kappa shape index (κ2) is 8.50. The lowest BCUT2D eigenvalue weighted by Gasteiger charge is -2.13. The van der Waals surface area contributed by atoms with Gasteiger partial charge in [0.25, 0.3) is 0 Å². The van der Waals surface area contributed by atoms with Crippen molar-refractivity contribution < 1.29 is 22.7 Å². The van der Waals surface area contributed by atoms with Crippen molar-refractivity contribution in [3.63, 3.8) is 0 Å². The Bertz CT molecular complexity index is 1350. The average molecular weight is 470 g/mol. The first kappa shape index (κ1) is 22.2. The zero-order chi connectivity index (χ0) is 23.0. The van der Waals surface area contributed by atoms with Crippen molar-refractivity contribution in [3.8, 4) is 11.1 Å². The lowest BCUT2D eigenvalue weighted by molar-refractivity contribution is 0.0474. The number of carbonyl (C=O) groups is 2. The maximum atomic E-state index is 12.7. The van der Waals surface area contributed by atoms with Gasteiger partial charge in [-0.3, -0.25) is 4.79 Å². The standard InChI is InChI=1S/C24H20ClNO5S/c1-26(2)32(29,30)23-13-18(9-10-21(23)25)24(28)31-14-22(27)17-8-7-16-11-15-5-3-4-6-19(15)20(16)12-17/h3-10,12-13H,11,14H2,1-2H3. The number of fused-ring (bicyclic) bond motifs is 3. The molecule has 3 aromatic rings. The fourth-order valence-electron chi connectivity index (χ4n) is 3.62. The molecule has 4 rings (SSSR count). The molecule has 0 spiro atoms. The van der Waals surface area contributed by atoms with Crippen molar-refractivity contribution in [1.29, 1.82) is 0 Å². The fraction of sp³-hybridized carbons (Fsp3) is 0.167. The lowest BCUT2D eigenvalue weighted by Crippen LogP contribution is -2.23. The Kier molecular flexibility index (Phi) is 5.90. The highest BCUT2D eigenvalue weighted by Gasteiger charge is 2.24. The maximum Gasteiger partial charge on any atom is 0.338 e. The van der Waals surface area contributed by atoms with Gasteiger partial charge in [0.2, 0.25) is 10.0 Å². The van der Waals surface area contributed by atoms with E-state index in [-0.39, 0.29) is 21.3 Å². The van der Waals surface area contributed by atoms with E-state index in [4.69, 9.17) is 16.3 Å². The van der Waals surface area contributed by atoms with Crippen LogP contribution in [-0.4, -0.2) is 45.2 Å². The molecule has 0 N–H and O–H groups in total. The molecule has 0 aromatic heterocycles. The van der Waals surface area contributed by atoms with E-state index in [1.807, 2.05) is 30.3 Å². The maximum absolute atomic E-state index is 12.7. The van der Waals surface area contributed by atoms with E-state index in [1.54, 1.807) is 6.07 Å². The van der Waals surface area contributed by atoms with Gasteiger partial charge in [-0.2, -0.15) is 0 Å². The van der Waals surface area contributed by atoms with Crippen molar-refractivity contribution in [3.05, 3.63) is 87.9 Å². The number of benzene rings is 3. The minimum absolute atomic E-state index is 0.00879. The van der Waals surface area contributed by atoms with Crippen LogP contribution in [0.3, 0.4) is 0 Å². The highest BCUT2D eigenvalue weighted by molar-refractivity contribution is 7.89. The summed E-state index contributed by atoms with van der Waals surface area (Å²) in [5.41, 5.74) is 4.91. The number of sulfonamides is 1. The number of carbonyl (C=O) groups excluding carboxylic acids is 2. The zero-order valence-corrected chi connectivity index (χ0v) is 19.0. The van der Waals surface area contributed by atoms with Crippen molar-refractivity contribution in [2.24, 2.45) is 0 Å². The van der Waals surface area contributed by atoms with Crippen LogP contribution < -0.4 is 0 Å². The van der Waals surface area contributed by atoms with Crippen LogP contribution in [0.2, 0.25) is 5.02 Å². The average Bonchev–Trinajstić information content (AvgIpc) is 3.15. The third-order valence-electron chi connectivity index (χ3n) is 5.38. The van der Waals surface area contributed by atoms with E-state index in [0.29, 0.717) is 5.56 Å². The second-order valence-electron chi connectivity index (χ2n) is 7.64. The SMILES string of the molecule is CN(C)S(=O)(=O)c1cc(C(=O)OCC(=O)c2ccc3c(c2)-c2ccccc2C3)ccc1Cl. The number of ketones is 1. The molecule has 1 aliphatic rings. The van der Waals surface area contributed by atoms with E-state index >= 15 is 0 Å². The first-order chi connectivity index (χ1) is 15.2. The molecule has 0 amide bonds. The number of nitrogens with zero attached hydrogens (tertiary/aromatic N) is 1. The predicted molar refractivity (Wildman–Crippen MR) is 122 cm³/mol. The summed E-state index contributed by atoms with van der Waals surface area (Å²) in [6, 6.07) is 17.3. The number of hydrogen-bond donors (Lipinski definition) is 0. The Morgan fingerprint density at radius 2 is 1.62 bits per heavy atom. The summed E-state index contributed by atoms with van der Waals surface area (Å²) in [5.74, 6) is -1.16. The summed E-state index contributed by atoms with van der Waals surface area (Å²) in [4.78, 5) is 24.9. The lowest BCUT2D eigenvalue weighted by atomic mass is 10.0. The Balaban J connectivity index is 1.50. The third kappa shape index (κ3) is 4.07. The van der Waals surface area contributed by atoms with Crippen LogP contribution in [0, 0.1) is 0 Å². The summed E-state index contributed by atoms with van der Waals surface area (Å²) in [6.45, 7) is -0.461. The molecule has 0 atom stereocenters. The van der Waals surface area contributed by atoms with Gasteiger partial charge < -0.3 is 4.74 Å². The molecule has 0 fully saturated rings. The molecule has 164 valence electrons. The van der Waals surface area contributed by atoms with Gasteiger partial charge in [-0.1, -0.05) is 48.0 Å². The molecule has 0 heterocycles. The van der Waals surface area contributed by atoms with Crippen LogP contribution in [0.4, 0.5) is 0 Å². The van der Waals surface area contributed by atoms with Crippen LogP contribution in [0.15, 0.2) is 65.6 Å². The van der Waals surface area contributed by atoms with E-state index < -0.39 is 22.6 Å². The van der Waals surface area contributed by atoms with E-state index in [9.17, 15) is 18.0 Å². The van der Waals surface area contributed by atoms with Gasteiger partial charge in [0.15, 0.2) is 12.4 Å². The Morgan fingerprint density at radius 1 is 0.938 bits per heavy atom. The molecule has 8 heteroatoms. The number of halogens is 1. The minimum atomic E-state index is -3.84. The summed E-state index contributed by atoms with van der Waals surface area (Å²) in [6.07, 6.45) is 0.823. The molecule has 3 aromatic carbocycles. The summed E-state index contributed by atoms with van der Waals surface area (Å²) >= 11 is 6.01. The molecule has 1 aliphatic carbocycles. The van der Waals surface area contributed by atoms with E-state index in [2.05, 4.69) is 6.07 Å². The molecule has 0 unspecified atom stereocenters. The van der Waals surface area contributed by atoms with E-state index in [0.717, 1.165) is 33.5 Å². The van der Waals surface area contributed by atoms with Gasteiger partial charge in [-0.05, 0) is 52.9 Å². The number of esters is 1. The summed E-state index contributed by atoms with van der Waals surface area (Å²) < 4.78 is 30.9. The number of hydrogen-bond acceptors (Lipinski definition) is 5. The molecule has 0 saturated heterocycles.